The Morgan fingerprint density at radius 1 is 1.27 bits per heavy atom. The van der Waals surface area contributed by atoms with E-state index in [1.807, 2.05) is 0 Å². The monoisotopic (exact) mass is 372 g/mol. The van der Waals surface area contributed by atoms with Gasteiger partial charge in [0.05, 0.1) is 0 Å². The van der Waals surface area contributed by atoms with E-state index in [0.29, 0.717) is 10.6 Å². The summed E-state index contributed by atoms with van der Waals surface area (Å²) in [5.74, 6) is -1.54. The number of halogens is 6. The molecule has 0 radical (unpaired) electrons. The molecule has 0 aliphatic carbocycles. The molecule has 0 fully saturated rings. The Kier molecular flexibility index (Phi) is 4.60. The molecule has 2 rings (SSSR count). The molecule has 0 N–H and O–H groups in total. The van der Waals surface area contributed by atoms with E-state index in [-0.39, 0.29) is 10.3 Å². The van der Waals surface area contributed by atoms with Gasteiger partial charge in [0.25, 0.3) is 0 Å². The van der Waals surface area contributed by atoms with Crippen molar-refractivity contribution in [1.29, 1.82) is 0 Å². The maximum absolute atomic E-state index is 12.8. The molecule has 2 aromatic rings. The second kappa shape index (κ2) is 5.98. The number of aromatic nitrogens is 2. The third kappa shape index (κ3) is 3.31. The summed E-state index contributed by atoms with van der Waals surface area (Å²) in [5, 5.41) is -0.957. The molecule has 1 aromatic heterocycles. The normalized spacial score (nSPS) is 11.6. The molecular weight excluding hydrogens is 367 g/mol. The molecule has 0 unspecified atom stereocenters. The van der Waals surface area contributed by atoms with Crippen molar-refractivity contribution in [2.24, 2.45) is 0 Å². The average molecular weight is 374 g/mol. The van der Waals surface area contributed by atoms with Crippen molar-refractivity contribution in [3.63, 3.8) is 0 Å². The van der Waals surface area contributed by atoms with Crippen LogP contribution in [0.3, 0.4) is 0 Å². The minimum Gasteiger partial charge on any atom is -0.409 e. The molecule has 4 nitrogen and oxygen atoms in total. The van der Waals surface area contributed by atoms with E-state index in [9.17, 15) is 18.0 Å². The molecule has 0 atom stereocenters. The van der Waals surface area contributed by atoms with Crippen molar-refractivity contribution in [3.05, 3.63) is 44.9 Å². The summed E-state index contributed by atoms with van der Waals surface area (Å²) in [5.41, 5.74) is 0.455. The van der Waals surface area contributed by atoms with Gasteiger partial charge in [-0.25, -0.2) is 14.3 Å². The van der Waals surface area contributed by atoms with Crippen LogP contribution < -0.4 is 4.74 Å². The van der Waals surface area contributed by atoms with Crippen LogP contribution in [0.1, 0.15) is 11.4 Å². The van der Waals surface area contributed by atoms with E-state index >= 15 is 0 Å². The minimum absolute atomic E-state index is 0.0309. The molecule has 0 aliphatic rings. The number of alkyl halides is 3. The Morgan fingerprint density at radius 2 is 1.91 bits per heavy atom. The number of carbonyl (C=O) groups is 1. The van der Waals surface area contributed by atoms with E-state index in [1.54, 1.807) is 6.92 Å². The summed E-state index contributed by atoms with van der Waals surface area (Å²) in [7, 11) is 0. The van der Waals surface area contributed by atoms with Crippen LogP contribution in [0.2, 0.25) is 15.3 Å². The average Bonchev–Trinajstić information content (AvgIpc) is 2.69. The predicted octanol–water partition coefficient (Wildman–Crippen LogP) is 5.22. The maximum Gasteiger partial charge on any atom is 0.450 e. The highest BCUT2D eigenvalue weighted by molar-refractivity contribution is 6.41. The van der Waals surface area contributed by atoms with E-state index < -0.39 is 28.4 Å². The quantitative estimate of drug-likeness (QED) is 0.688. The SMILES string of the molecule is Cc1cc(Cl)ccc1OC(=O)n1c(C(F)(F)F)nc(Cl)c1Cl. The van der Waals surface area contributed by atoms with E-state index in [4.69, 9.17) is 39.5 Å². The van der Waals surface area contributed by atoms with Crippen molar-refractivity contribution in [1.82, 2.24) is 9.55 Å². The lowest BCUT2D eigenvalue weighted by Gasteiger charge is -2.11. The standard InChI is InChI=1S/C12H6Cl3F3N2O2/c1-5-4-6(13)2-3-7(5)22-11(21)20-9(15)8(14)19-10(20)12(16,17)18/h2-4H,1H3. The second-order valence-corrected chi connectivity index (χ2v) is 5.28. The topological polar surface area (TPSA) is 44.1 Å². The van der Waals surface area contributed by atoms with Gasteiger partial charge in [0, 0.05) is 5.02 Å². The fraction of sp³-hybridized carbons (Fsp3) is 0.167. The van der Waals surface area contributed by atoms with Crippen LogP contribution in [0.25, 0.3) is 0 Å². The van der Waals surface area contributed by atoms with E-state index in [1.165, 1.54) is 18.2 Å². The highest BCUT2D eigenvalue weighted by Crippen LogP contribution is 2.34. The fourth-order valence-corrected chi connectivity index (χ4v) is 2.18. The lowest BCUT2D eigenvalue weighted by molar-refractivity contribution is -0.146. The van der Waals surface area contributed by atoms with Gasteiger partial charge in [-0.1, -0.05) is 34.8 Å². The van der Waals surface area contributed by atoms with Crippen LogP contribution in [-0.2, 0) is 6.18 Å². The first-order valence-corrected chi connectivity index (χ1v) is 6.74. The predicted molar refractivity (Wildman–Crippen MR) is 74.9 cm³/mol. The number of imidazole rings is 1. The first kappa shape index (κ1) is 16.9. The number of hydrogen-bond donors (Lipinski definition) is 0. The number of carbonyl (C=O) groups excluding carboxylic acids is 1. The number of aryl methyl sites for hydroxylation is 1. The van der Waals surface area contributed by atoms with E-state index in [0.717, 1.165) is 0 Å². The Labute approximate surface area is 137 Å². The first-order chi connectivity index (χ1) is 10.1. The van der Waals surface area contributed by atoms with Crippen molar-refractivity contribution < 1.29 is 22.7 Å². The molecule has 0 bridgehead atoms. The summed E-state index contributed by atoms with van der Waals surface area (Å²) in [6, 6.07) is 4.25. The van der Waals surface area contributed by atoms with Gasteiger partial charge in [-0.05, 0) is 30.7 Å². The zero-order valence-corrected chi connectivity index (χ0v) is 13.0. The van der Waals surface area contributed by atoms with Crippen molar-refractivity contribution in [2.45, 2.75) is 13.1 Å². The molecule has 1 heterocycles. The minimum atomic E-state index is -4.93. The molecule has 0 saturated heterocycles. The first-order valence-electron chi connectivity index (χ1n) is 5.60. The number of hydrogen-bond acceptors (Lipinski definition) is 3. The van der Waals surface area contributed by atoms with Gasteiger partial charge < -0.3 is 4.74 Å². The van der Waals surface area contributed by atoms with Crippen LogP contribution in [0.4, 0.5) is 18.0 Å². The van der Waals surface area contributed by atoms with Crippen molar-refractivity contribution >= 4 is 40.9 Å². The molecule has 10 heteroatoms. The van der Waals surface area contributed by atoms with Crippen LogP contribution in [-0.4, -0.2) is 15.6 Å². The largest absolute Gasteiger partial charge is 0.450 e. The van der Waals surface area contributed by atoms with Gasteiger partial charge in [-0.15, -0.1) is 0 Å². The number of nitrogens with zero attached hydrogens (tertiary/aromatic N) is 2. The van der Waals surface area contributed by atoms with Crippen molar-refractivity contribution in [2.75, 3.05) is 0 Å². The van der Waals surface area contributed by atoms with Crippen LogP contribution >= 0.6 is 34.8 Å². The van der Waals surface area contributed by atoms with Gasteiger partial charge >= 0.3 is 12.3 Å². The lowest BCUT2D eigenvalue weighted by atomic mass is 10.2. The molecule has 22 heavy (non-hydrogen) atoms. The van der Waals surface area contributed by atoms with Crippen LogP contribution in [0.5, 0.6) is 5.75 Å². The summed E-state index contributed by atoms with van der Waals surface area (Å²) in [4.78, 5) is 15.0. The highest BCUT2D eigenvalue weighted by atomic mass is 35.5. The third-order valence-corrected chi connectivity index (χ3v) is 3.50. The molecular formula is C12H6Cl3F3N2O2. The third-order valence-electron chi connectivity index (χ3n) is 2.55. The van der Waals surface area contributed by atoms with Gasteiger partial charge in [-0.2, -0.15) is 13.2 Å². The number of benzene rings is 1. The van der Waals surface area contributed by atoms with Gasteiger partial charge in [0.2, 0.25) is 5.82 Å². The molecule has 0 spiro atoms. The van der Waals surface area contributed by atoms with Crippen molar-refractivity contribution in [3.8, 4) is 5.75 Å². The number of ether oxygens (including phenoxy) is 1. The summed E-state index contributed by atoms with van der Waals surface area (Å²) in [6.45, 7) is 1.57. The van der Waals surface area contributed by atoms with Gasteiger partial charge in [-0.3, -0.25) is 0 Å². The Bertz CT molecular complexity index is 744. The second-order valence-electron chi connectivity index (χ2n) is 4.13. The number of rotatable bonds is 1. The molecule has 0 amide bonds. The highest BCUT2D eigenvalue weighted by Gasteiger charge is 2.41. The Morgan fingerprint density at radius 3 is 2.45 bits per heavy atom. The Hall–Kier alpha value is -1.44. The fourth-order valence-electron chi connectivity index (χ4n) is 1.60. The smallest absolute Gasteiger partial charge is 0.409 e. The van der Waals surface area contributed by atoms with E-state index in [2.05, 4.69) is 4.98 Å². The molecule has 118 valence electrons. The molecule has 1 aromatic carbocycles. The Balaban J connectivity index is 2.42. The summed E-state index contributed by atoms with van der Waals surface area (Å²) in [6.07, 6.45) is -6.31. The van der Waals surface area contributed by atoms with Crippen LogP contribution in [0, 0.1) is 6.92 Å². The molecule has 0 saturated carbocycles. The van der Waals surface area contributed by atoms with Gasteiger partial charge in [0.15, 0.2) is 10.3 Å². The maximum atomic E-state index is 12.8. The summed E-state index contributed by atoms with van der Waals surface area (Å²) >= 11 is 16.8. The zero-order valence-electron chi connectivity index (χ0n) is 10.7. The molecule has 0 aliphatic heterocycles. The van der Waals surface area contributed by atoms with Gasteiger partial charge in [0.1, 0.15) is 5.75 Å². The summed E-state index contributed by atoms with van der Waals surface area (Å²) < 4.78 is 43.5. The van der Waals surface area contributed by atoms with Crippen LogP contribution in [0.15, 0.2) is 18.2 Å². The zero-order chi connectivity index (χ0) is 16.7. The lowest BCUT2D eigenvalue weighted by Crippen LogP contribution is -2.24.